The molecule has 0 bridgehead atoms. The fraction of sp³-hybridized carbons (Fsp3) is 0.567. The number of halogens is 1. The molecule has 2 aromatic carbocycles. The molecule has 2 aromatic rings. The minimum Gasteiger partial charge on any atom is -0.496 e. The summed E-state index contributed by atoms with van der Waals surface area (Å²) in [4.78, 5) is 19.2. The summed E-state index contributed by atoms with van der Waals surface area (Å²) in [5, 5.41) is 0. The molecule has 1 aliphatic heterocycles. The molecule has 0 aliphatic carbocycles. The molecule has 1 heterocycles. The Morgan fingerprint density at radius 3 is 2.42 bits per heavy atom. The Hall–Kier alpha value is -2.76. The second-order valence-corrected chi connectivity index (χ2v) is 9.75. The maximum absolute atomic E-state index is 15.6. The topological polar surface area (TPSA) is 36.0 Å². The molecule has 198 valence electrons. The summed E-state index contributed by atoms with van der Waals surface area (Å²) in [7, 11) is 1.70. The van der Waals surface area contributed by atoms with E-state index >= 15 is 4.39 Å². The van der Waals surface area contributed by atoms with E-state index in [1.165, 1.54) is 19.3 Å². The SMILES string of the molecule is CCCCCCc1cc(N2CCCN(Cc3cccc(N(CCC)CCC)c3F)C2=O)ccc1OC. The van der Waals surface area contributed by atoms with E-state index in [-0.39, 0.29) is 18.4 Å². The lowest BCUT2D eigenvalue weighted by molar-refractivity contribution is 0.192. The Labute approximate surface area is 217 Å². The minimum atomic E-state index is -0.205. The molecule has 1 saturated heterocycles. The van der Waals surface area contributed by atoms with Gasteiger partial charge in [0.15, 0.2) is 5.82 Å². The zero-order valence-corrected chi connectivity index (χ0v) is 22.7. The van der Waals surface area contributed by atoms with Gasteiger partial charge in [-0.05, 0) is 61.9 Å². The van der Waals surface area contributed by atoms with E-state index < -0.39 is 0 Å². The van der Waals surface area contributed by atoms with Crippen LogP contribution in [0.2, 0.25) is 0 Å². The highest BCUT2D eigenvalue weighted by atomic mass is 19.1. The highest BCUT2D eigenvalue weighted by molar-refractivity contribution is 5.93. The Bertz CT molecular complexity index is 975. The monoisotopic (exact) mass is 497 g/mol. The van der Waals surface area contributed by atoms with Crippen LogP contribution in [0.4, 0.5) is 20.6 Å². The maximum atomic E-state index is 15.6. The molecule has 6 heteroatoms. The molecule has 2 amide bonds. The fourth-order valence-electron chi connectivity index (χ4n) is 5.07. The number of benzene rings is 2. The van der Waals surface area contributed by atoms with Gasteiger partial charge in [0.05, 0.1) is 19.3 Å². The van der Waals surface area contributed by atoms with Crippen LogP contribution in [-0.4, -0.2) is 44.2 Å². The van der Waals surface area contributed by atoms with Crippen molar-refractivity contribution in [2.45, 2.75) is 78.7 Å². The quantitative estimate of drug-likeness (QED) is 0.255. The number of urea groups is 1. The van der Waals surface area contributed by atoms with Gasteiger partial charge in [-0.25, -0.2) is 9.18 Å². The van der Waals surface area contributed by atoms with Gasteiger partial charge in [-0.2, -0.15) is 0 Å². The molecular formula is C30H44FN3O2. The first-order valence-corrected chi connectivity index (χ1v) is 13.8. The summed E-state index contributed by atoms with van der Waals surface area (Å²) in [5.74, 6) is 0.669. The van der Waals surface area contributed by atoms with Gasteiger partial charge in [-0.3, -0.25) is 4.90 Å². The molecule has 0 unspecified atom stereocenters. The second-order valence-electron chi connectivity index (χ2n) is 9.75. The average molecular weight is 498 g/mol. The van der Waals surface area contributed by atoms with Gasteiger partial charge in [-0.15, -0.1) is 0 Å². The predicted molar refractivity (Wildman–Crippen MR) is 148 cm³/mol. The van der Waals surface area contributed by atoms with Crippen LogP contribution in [0.1, 0.15) is 76.8 Å². The highest BCUT2D eigenvalue weighted by Gasteiger charge is 2.28. The summed E-state index contributed by atoms with van der Waals surface area (Å²) in [6, 6.07) is 11.5. The van der Waals surface area contributed by atoms with Gasteiger partial charge < -0.3 is 14.5 Å². The Balaban J connectivity index is 1.77. The lowest BCUT2D eigenvalue weighted by atomic mass is 10.0. The summed E-state index contributed by atoms with van der Waals surface area (Å²) in [5.41, 5.74) is 3.25. The number of hydrogen-bond donors (Lipinski definition) is 0. The molecule has 0 radical (unpaired) electrons. The van der Waals surface area contributed by atoms with Gasteiger partial charge in [0, 0.05) is 37.4 Å². The van der Waals surface area contributed by atoms with Crippen molar-refractivity contribution in [2.75, 3.05) is 43.1 Å². The van der Waals surface area contributed by atoms with Crippen LogP contribution in [0, 0.1) is 5.82 Å². The van der Waals surface area contributed by atoms with Crippen LogP contribution in [0.15, 0.2) is 36.4 Å². The van der Waals surface area contributed by atoms with Crippen LogP contribution in [0.5, 0.6) is 5.75 Å². The van der Waals surface area contributed by atoms with E-state index in [0.717, 1.165) is 62.2 Å². The zero-order valence-electron chi connectivity index (χ0n) is 22.7. The Morgan fingerprint density at radius 1 is 0.944 bits per heavy atom. The summed E-state index contributed by atoms with van der Waals surface area (Å²) < 4.78 is 21.2. The zero-order chi connectivity index (χ0) is 25.9. The first kappa shape index (κ1) is 27.8. The number of amides is 2. The van der Waals surface area contributed by atoms with E-state index in [1.54, 1.807) is 12.0 Å². The number of unbranched alkanes of at least 4 members (excludes halogenated alkanes) is 3. The van der Waals surface area contributed by atoms with Crippen molar-refractivity contribution in [3.63, 3.8) is 0 Å². The molecule has 0 atom stereocenters. The number of aryl methyl sites for hydroxylation is 1. The van der Waals surface area contributed by atoms with E-state index in [1.807, 2.05) is 35.2 Å². The third-order valence-corrected chi connectivity index (χ3v) is 6.93. The van der Waals surface area contributed by atoms with Crippen LogP contribution in [0.3, 0.4) is 0 Å². The van der Waals surface area contributed by atoms with Crippen molar-refractivity contribution >= 4 is 17.4 Å². The number of rotatable bonds is 14. The van der Waals surface area contributed by atoms with E-state index in [4.69, 9.17) is 4.74 Å². The number of carbonyl (C=O) groups excluding carboxylic acids is 1. The van der Waals surface area contributed by atoms with Crippen molar-refractivity contribution in [3.8, 4) is 5.75 Å². The smallest absolute Gasteiger partial charge is 0.324 e. The van der Waals surface area contributed by atoms with Crippen LogP contribution >= 0.6 is 0 Å². The first-order chi connectivity index (χ1) is 17.5. The summed E-state index contributed by atoms with van der Waals surface area (Å²) in [6.45, 7) is 9.66. The number of methoxy groups -OCH3 is 1. The lowest BCUT2D eigenvalue weighted by Crippen LogP contribution is -2.49. The number of ether oxygens (including phenoxy) is 1. The first-order valence-electron chi connectivity index (χ1n) is 13.8. The molecule has 36 heavy (non-hydrogen) atoms. The third kappa shape index (κ3) is 6.92. The Morgan fingerprint density at radius 2 is 1.72 bits per heavy atom. The van der Waals surface area contributed by atoms with Gasteiger partial charge in [-0.1, -0.05) is 52.2 Å². The van der Waals surface area contributed by atoms with Crippen molar-refractivity contribution in [3.05, 3.63) is 53.3 Å². The third-order valence-electron chi connectivity index (χ3n) is 6.93. The number of nitrogens with zero attached hydrogens (tertiary/aromatic N) is 3. The number of anilines is 2. The molecule has 0 N–H and O–H groups in total. The molecule has 0 saturated carbocycles. The fourth-order valence-corrected chi connectivity index (χ4v) is 5.07. The average Bonchev–Trinajstić information content (AvgIpc) is 2.89. The minimum absolute atomic E-state index is 0.0628. The maximum Gasteiger partial charge on any atom is 0.324 e. The van der Waals surface area contributed by atoms with Crippen LogP contribution < -0.4 is 14.5 Å². The van der Waals surface area contributed by atoms with E-state index in [9.17, 15) is 4.79 Å². The number of hydrogen-bond acceptors (Lipinski definition) is 3. The van der Waals surface area contributed by atoms with Crippen LogP contribution in [-0.2, 0) is 13.0 Å². The molecule has 5 nitrogen and oxygen atoms in total. The van der Waals surface area contributed by atoms with E-state index in [0.29, 0.717) is 24.3 Å². The molecule has 1 aliphatic rings. The van der Waals surface area contributed by atoms with Gasteiger partial charge in [0.2, 0.25) is 0 Å². The number of carbonyl (C=O) groups is 1. The predicted octanol–water partition coefficient (Wildman–Crippen LogP) is 7.42. The largest absolute Gasteiger partial charge is 0.496 e. The molecule has 0 aromatic heterocycles. The molecular weight excluding hydrogens is 453 g/mol. The second kappa shape index (κ2) is 14.1. The van der Waals surface area contributed by atoms with Crippen molar-refractivity contribution in [1.82, 2.24) is 4.90 Å². The van der Waals surface area contributed by atoms with Crippen molar-refractivity contribution in [1.29, 1.82) is 0 Å². The highest BCUT2D eigenvalue weighted by Crippen LogP contribution is 2.30. The van der Waals surface area contributed by atoms with E-state index in [2.05, 4.69) is 31.7 Å². The van der Waals surface area contributed by atoms with Crippen molar-refractivity contribution < 1.29 is 13.9 Å². The molecule has 0 spiro atoms. The van der Waals surface area contributed by atoms with Gasteiger partial charge in [0.25, 0.3) is 0 Å². The van der Waals surface area contributed by atoms with Gasteiger partial charge in [0.1, 0.15) is 5.75 Å². The van der Waals surface area contributed by atoms with Crippen LogP contribution in [0.25, 0.3) is 0 Å². The Kier molecular flexibility index (Phi) is 10.9. The molecule has 3 rings (SSSR count). The van der Waals surface area contributed by atoms with Crippen molar-refractivity contribution in [2.24, 2.45) is 0 Å². The lowest BCUT2D eigenvalue weighted by Gasteiger charge is -2.36. The summed E-state index contributed by atoms with van der Waals surface area (Å²) >= 11 is 0. The van der Waals surface area contributed by atoms with Gasteiger partial charge >= 0.3 is 6.03 Å². The normalized spacial score (nSPS) is 13.9. The standard InChI is InChI=1S/C30H44FN3O2/c1-5-8-9-10-13-24-22-26(16-17-28(24)36-4)34-21-12-20-33(30(34)35)23-25-14-11-15-27(29(25)31)32(18-6-2)19-7-3/h11,14-17,22H,5-10,12-13,18-21,23H2,1-4H3. The molecule has 1 fully saturated rings. The summed E-state index contributed by atoms with van der Waals surface area (Å²) in [6.07, 6.45) is 8.45.